The van der Waals surface area contributed by atoms with Crippen molar-refractivity contribution in [3.63, 3.8) is 0 Å². The Hall–Kier alpha value is -2.03. The minimum atomic E-state index is -4.42. The van der Waals surface area contributed by atoms with Crippen molar-refractivity contribution < 1.29 is 27.1 Å². The SMILES string of the molecule is NC(Cc1cc(F)cc(F)c1)C(O)CNCc1cccc(C(F)(F)F)c1. The summed E-state index contributed by atoms with van der Waals surface area (Å²) >= 11 is 0. The van der Waals surface area contributed by atoms with Gasteiger partial charge >= 0.3 is 6.18 Å². The Balaban J connectivity index is 1.85. The number of hydrogen-bond donors (Lipinski definition) is 3. The molecule has 2 unspecified atom stereocenters. The summed E-state index contributed by atoms with van der Waals surface area (Å²) in [6.45, 7) is 0.136. The highest BCUT2D eigenvalue weighted by molar-refractivity contribution is 5.25. The molecule has 8 heteroatoms. The van der Waals surface area contributed by atoms with Crippen LogP contribution in [0.25, 0.3) is 0 Å². The maximum absolute atomic E-state index is 13.2. The van der Waals surface area contributed by atoms with Crippen LogP contribution in [0.2, 0.25) is 0 Å². The third kappa shape index (κ3) is 6.05. The van der Waals surface area contributed by atoms with Crippen LogP contribution in [0.4, 0.5) is 22.0 Å². The van der Waals surface area contributed by atoms with Crippen LogP contribution >= 0.6 is 0 Å². The standard InChI is InChI=1S/C18H19F5N2O/c19-14-5-12(6-15(20)8-14)7-16(24)17(26)10-25-9-11-2-1-3-13(4-11)18(21,22)23/h1-6,8,16-17,25-26H,7,9-10,24H2. The van der Waals surface area contributed by atoms with Gasteiger partial charge in [0, 0.05) is 25.2 Å². The first-order chi connectivity index (χ1) is 12.1. The molecule has 2 rings (SSSR count). The van der Waals surface area contributed by atoms with E-state index in [1.54, 1.807) is 0 Å². The number of aliphatic hydroxyl groups is 1. The fourth-order valence-corrected chi connectivity index (χ4v) is 2.51. The van der Waals surface area contributed by atoms with Gasteiger partial charge in [-0.2, -0.15) is 13.2 Å². The van der Waals surface area contributed by atoms with Gasteiger partial charge in [0.15, 0.2) is 0 Å². The summed E-state index contributed by atoms with van der Waals surface area (Å²) in [5.41, 5.74) is 5.80. The molecule has 2 atom stereocenters. The third-order valence-electron chi connectivity index (χ3n) is 3.82. The molecule has 0 aliphatic rings. The van der Waals surface area contributed by atoms with Crippen molar-refractivity contribution in [1.29, 1.82) is 0 Å². The molecule has 2 aromatic rings. The van der Waals surface area contributed by atoms with E-state index in [1.165, 1.54) is 12.1 Å². The van der Waals surface area contributed by atoms with Gasteiger partial charge in [-0.1, -0.05) is 18.2 Å². The molecule has 3 nitrogen and oxygen atoms in total. The molecule has 0 aliphatic carbocycles. The summed E-state index contributed by atoms with van der Waals surface area (Å²) in [6, 6.07) is 7.05. The van der Waals surface area contributed by atoms with Crippen LogP contribution < -0.4 is 11.1 Å². The molecule has 0 aromatic heterocycles. The quantitative estimate of drug-likeness (QED) is 0.653. The molecule has 26 heavy (non-hydrogen) atoms. The van der Waals surface area contributed by atoms with Gasteiger partial charge in [0.25, 0.3) is 0 Å². The normalized spacial score (nSPS) is 14.3. The molecular weight excluding hydrogens is 355 g/mol. The van der Waals surface area contributed by atoms with Gasteiger partial charge in [-0.25, -0.2) is 8.78 Å². The summed E-state index contributed by atoms with van der Waals surface area (Å²) < 4.78 is 64.3. The minimum Gasteiger partial charge on any atom is -0.390 e. The second-order valence-corrected chi connectivity index (χ2v) is 6.04. The first kappa shape index (κ1) is 20.3. The van der Waals surface area contributed by atoms with E-state index < -0.39 is 35.5 Å². The van der Waals surface area contributed by atoms with Crippen LogP contribution in [-0.4, -0.2) is 23.8 Å². The Morgan fingerprint density at radius 3 is 2.27 bits per heavy atom. The molecule has 0 amide bonds. The molecule has 2 aromatic carbocycles. The number of nitrogens with two attached hydrogens (primary N) is 1. The average Bonchev–Trinajstić information content (AvgIpc) is 2.53. The van der Waals surface area contributed by atoms with Crippen molar-refractivity contribution in [1.82, 2.24) is 5.32 Å². The van der Waals surface area contributed by atoms with Crippen molar-refractivity contribution in [2.75, 3.05) is 6.54 Å². The first-order valence-corrected chi connectivity index (χ1v) is 7.90. The van der Waals surface area contributed by atoms with Gasteiger partial charge in [0.2, 0.25) is 0 Å². The van der Waals surface area contributed by atoms with Crippen molar-refractivity contribution >= 4 is 0 Å². The average molecular weight is 374 g/mol. The van der Waals surface area contributed by atoms with E-state index in [2.05, 4.69) is 5.32 Å². The summed E-state index contributed by atoms with van der Waals surface area (Å²) in [4.78, 5) is 0. The first-order valence-electron chi connectivity index (χ1n) is 7.90. The van der Waals surface area contributed by atoms with E-state index in [0.717, 1.165) is 30.3 Å². The Bertz CT molecular complexity index is 716. The maximum Gasteiger partial charge on any atom is 0.416 e. The second kappa shape index (κ2) is 8.57. The maximum atomic E-state index is 13.2. The largest absolute Gasteiger partial charge is 0.416 e. The zero-order chi connectivity index (χ0) is 19.3. The second-order valence-electron chi connectivity index (χ2n) is 6.04. The van der Waals surface area contributed by atoms with Gasteiger partial charge < -0.3 is 16.2 Å². The number of aliphatic hydroxyl groups excluding tert-OH is 1. The minimum absolute atomic E-state index is 0.0230. The van der Waals surface area contributed by atoms with E-state index in [4.69, 9.17) is 5.73 Å². The van der Waals surface area contributed by atoms with Crippen LogP contribution in [0.3, 0.4) is 0 Å². The van der Waals surface area contributed by atoms with E-state index in [9.17, 15) is 27.1 Å². The summed E-state index contributed by atoms with van der Waals surface area (Å²) in [5.74, 6) is -1.46. The Morgan fingerprint density at radius 1 is 1.00 bits per heavy atom. The highest BCUT2D eigenvalue weighted by Crippen LogP contribution is 2.29. The predicted octanol–water partition coefficient (Wildman–Crippen LogP) is 3.00. The Labute approximate surface area is 147 Å². The zero-order valence-electron chi connectivity index (χ0n) is 13.7. The monoisotopic (exact) mass is 374 g/mol. The fourth-order valence-electron chi connectivity index (χ4n) is 2.51. The number of nitrogens with one attached hydrogen (secondary N) is 1. The van der Waals surface area contributed by atoms with Gasteiger partial charge in [0.1, 0.15) is 11.6 Å². The van der Waals surface area contributed by atoms with Crippen LogP contribution in [-0.2, 0) is 19.1 Å². The van der Waals surface area contributed by atoms with Crippen molar-refractivity contribution in [3.05, 3.63) is 70.8 Å². The van der Waals surface area contributed by atoms with Crippen LogP contribution in [0.5, 0.6) is 0 Å². The van der Waals surface area contributed by atoms with Gasteiger partial charge in [-0.3, -0.25) is 0 Å². The van der Waals surface area contributed by atoms with Gasteiger partial charge in [0.05, 0.1) is 11.7 Å². The van der Waals surface area contributed by atoms with Crippen LogP contribution in [0, 0.1) is 11.6 Å². The third-order valence-corrected chi connectivity index (χ3v) is 3.82. The molecule has 142 valence electrons. The lowest BCUT2D eigenvalue weighted by molar-refractivity contribution is -0.137. The summed E-state index contributed by atoms with van der Waals surface area (Å²) in [6.07, 6.45) is -5.40. The molecule has 0 spiro atoms. The molecule has 4 N–H and O–H groups in total. The molecule has 0 fully saturated rings. The summed E-state index contributed by atoms with van der Waals surface area (Å²) in [5, 5.41) is 12.8. The molecule has 0 heterocycles. The molecule has 0 saturated carbocycles. The Morgan fingerprint density at radius 2 is 1.65 bits per heavy atom. The van der Waals surface area contributed by atoms with Crippen molar-refractivity contribution in [2.24, 2.45) is 5.73 Å². The lowest BCUT2D eigenvalue weighted by Crippen LogP contribution is -2.43. The van der Waals surface area contributed by atoms with E-state index in [1.807, 2.05) is 0 Å². The van der Waals surface area contributed by atoms with E-state index >= 15 is 0 Å². The molecule has 0 saturated heterocycles. The summed E-state index contributed by atoms with van der Waals surface area (Å²) in [7, 11) is 0. The zero-order valence-corrected chi connectivity index (χ0v) is 13.7. The fraction of sp³-hybridized carbons (Fsp3) is 0.333. The molecule has 0 bridgehead atoms. The van der Waals surface area contributed by atoms with Crippen molar-refractivity contribution in [3.8, 4) is 0 Å². The van der Waals surface area contributed by atoms with Crippen LogP contribution in [0.15, 0.2) is 42.5 Å². The topological polar surface area (TPSA) is 58.3 Å². The van der Waals surface area contributed by atoms with Gasteiger partial charge in [-0.15, -0.1) is 0 Å². The smallest absolute Gasteiger partial charge is 0.390 e. The highest BCUT2D eigenvalue weighted by Gasteiger charge is 2.30. The van der Waals surface area contributed by atoms with Gasteiger partial charge in [-0.05, 0) is 35.7 Å². The Kier molecular flexibility index (Phi) is 6.69. The van der Waals surface area contributed by atoms with Crippen molar-refractivity contribution in [2.45, 2.75) is 31.3 Å². The van der Waals surface area contributed by atoms with E-state index in [-0.39, 0.29) is 19.5 Å². The molecule has 0 radical (unpaired) electrons. The lowest BCUT2D eigenvalue weighted by Gasteiger charge is -2.20. The number of halogens is 5. The van der Waals surface area contributed by atoms with Crippen LogP contribution in [0.1, 0.15) is 16.7 Å². The van der Waals surface area contributed by atoms with E-state index in [0.29, 0.717) is 11.1 Å². The number of alkyl halides is 3. The number of rotatable bonds is 7. The predicted molar refractivity (Wildman–Crippen MR) is 87.2 cm³/mol. The molecule has 0 aliphatic heterocycles. The number of hydrogen-bond acceptors (Lipinski definition) is 3. The highest BCUT2D eigenvalue weighted by atomic mass is 19.4. The molecular formula is C18H19F5N2O. The number of benzene rings is 2. The lowest BCUT2D eigenvalue weighted by atomic mass is 10.0.